The Morgan fingerprint density at radius 3 is 2.67 bits per heavy atom. The molecule has 2 aromatic rings. The van der Waals surface area contributed by atoms with Crippen LogP contribution in [0.15, 0.2) is 54.7 Å². The summed E-state index contributed by atoms with van der Waals surface area (Å²) in [4.78, 5) is 4.13. The zero-order chi connectivity index (χ0) is 12.6. The summed E-state index contributed by atoms with van der Waals surface area (Å²) < 4.78 is 5.00. The first kappa shape index (κ1) is 12.2. The summed E-state index contributed by atoms with van der Waals surface area (Å²) >= 11 is 0. The van der Waals surface area contributed by atoms with Crippen molar-refractivity contribution < 1.29 is 4.74 Å². The van der Waals surface area contributed by atoms with E-state index in [0.717, 1.165) is 12.2 Å². The predicted octanol–water partition coefficient (Wildman–Crippen LogP) is 3.22. The van der Waals surface area contributed by atoms with Gasteiger partial charge < -0.3 is 10.1 Å². The highest BCUT2D eigenvalue weighted by molar-refractivity contribution is 5.50. The lowest BCUT2D eigenvalue weighted by molar-refractivity contribution is 0.398. The summed E-state index contributed by atoms with van der Waals surface area (Å²) in [5.74, 6) is 0.625. The van der Waals surface area contributed by atoms with Gasteiger partial charge in [-0.15, -0.1) is 0 Å². The number of pyridine rings is 1. The maximum atomic E-state index is 5.00. The van der Waals surface area contributed by atoms with Gasteiger partial charge in [-0.25, -0.2) is 4.98 Å². The summed E-state index contributed by atoms with van der Waals surface area (Å²) in [6.07, 6.45) is 5.93. The molecule has 18 heavy (non-hydrogen) atoms. The smallest absolute Gasteiger partial charge is 0.213 e. The van der Waals surface area contributed by atoms with Crippen molar-refractivity contribution in [1.82, 2.24) is 4.98 Å². The quantitative estimate of drug-likeness (QED) is 0.871. The topological polar surface area (TPSA) is 34.1 Å². The molecule has 0 aliphatic rings. The van der Waals surface area contributed by atoms with Crippen molar-refractivity contribution in [3.8, 4) is 5.88 Å². The van der Waals surface area contributed by atoms with Gasteiger partial charge in [-0.1, -0.05) is 42.5 Å². The molecule has 92 valence electrons. The predicted molar refractivity (Wildman–Crippen MR) is 74.8 cm³/mol. The van der Waals surface area contributed by atoms with Crippen molar-refractivity contribution in [2.45, 2.75) is 0 Å². The van der Waals surface area contributed by atoms with Crippen LogP contribution < -0.4 is 10.1 Å². The van der Waals surface area contributed by atoms with Crippen LogP contribution in [0.3, 0.4) is 0 Å². The average molecular weight is 240 g/mol. The van der Waals surface area contributed by atoms with Crippen molar-refractivity contribution in [3.63, 3.8) is 0 Å². The molecule has 0 aliphatic heterocycles. The first-order valence-corrected chi connectivity index (χ1v) is 5.84. The Hall–Kier alpha value is -2.29. The van der Waals surface area contributed by atoms with Gasteiger partial charge in [-0.2, -0.15) is 0 Å². The number of nitrogens with zero attached hydrogens (tertiary/aromatic N) is 1. The van der Waals surface area contributed by atoms with E-state index in [9.17, 15) is 0 Å². The molecule has 1 N–H and O–H groups in total. The van der Waals surface area contributed by atoms with Crippen LogP contribution >= 0.6 is 0 Å². The molecule has 0 amide bonds. The van der Waals surface area contributed by atoms with Crippen molar-refractivity contribution in [3.05, 3.63) is 60.3 Å². The summed E-state index contributed by atoms with van der Waals surface area (Å²) in [6, 6.07) is 14.0. The van der Waals surface area contributed by atoms with Gasteiger partial charge in [0, 0.05) is 12.6 Å². The Morgan fingerprint density at radius 1 is 1.17 bits per heavy atom. The normalized spacial score (nSPS) is 10.5. The lowest BCUT2D eigenvalue weighted by Crippen LogP contribution is -1.98. The molecule has 0 atom stereocenters. The molecule has 3 heteroatoms. The lowest BCUT2D eigenvalue weighted by atomic mass is 10.2. The fourth-order valence-corrected chi connectivity index (χ4v) is 1.54. The summed E-state index contributed by atoms with van der Waals surface area (Å²) in [5, 5.41) is 3.26. The molecular formula is C15H16N2O. The molecule has 3 nitrogen and oxygen atoms in total. The minimum absolute atomic E-state index is 0.625. The molecule has 0 bridgehead atoms. The SMILES string of the molecule is COc1ccc(NCC=Cc2ccccc2)cn1. The largest absolute Gasteiger partial charge is 0.481 e. The van der Waals surface area contributed by atoms with Gasteiger partial charge in [0.15, 0.2) is 0 Å². The van der Waals surface area contributed by atoms with E-state index >= 15 is 0 Å². The second-order valence-electron chi connectivity index (χ2n) is 3.78. The van der Waals surface area contributed by atoms with E-state index in [-0.39, 0.29) is 0 Å². The highest BCUT2D eigenvalue weighted by atomic mass is 16.5. The van der Waals surface area contributed by atoms with Crippen LogP contribution in [0, 0.1) is 0 Å². The van der Waals surface area contributed by atoms with Gasteiger partial charge in [0.05, 0.1) is 19.0 Å². The maximum absolute atomic E-state index is 5.00. The molecule has 0 aliphatic carbocycles. The van der Waals surface area contributed by atoms with Crippen LogP contribution in [0.2, 0.25) is 0 Å². The molecule has 0 saturated carbocycles. The Balaban J connectivity index is 1.83. The minimum Gasteiger partial charge on any atom is -0.481 e. The number of ether oxygens (including phenoxy) is 1. The van der Waals surface area contributed by atoms with Gasteiger partial charge in [0.25, 0.3) is 0 Å². The third kappa shape index (κ3) is 3.63. The Morgan fingerprint density at radius 2 is 2.00 bits per heavy atom. The summed E-state index contributed by atoms with van der Waals surface area (Å²) in [7, 11) is 1.61. The Labute approximate surface area is 107 Å². The van der Waals surface area contributed by atoms with E-state index in [1.807, 2.05) is 30.3 Å². The molecule has 1 aromatic heterocycles. The molecular weight excluding hydrogens is 224 g/mol. The second kappa shape index (κ2) is 6.45. The number of aromatic nitrogens is 1. The number of hydrogen-bond donors (Lipinski definition) is 1. The number of anilines is 1. The van der Waals surface area contributed by atoms with Gasteiger partial charge in [-0.05, 0) is 11.6 Å². The lowest BCUT2D eigenvalue weighted by Gasteiger charge is -2.03. The number of methoxy groups -OCH3 is 1. The van der Waals surface area contributed by atoms with Gasteiger partial charge >= 0.3 is 0 Å². The van der Waals surface area contributed by atoms with Crippen molar-refractivity contribution in [2.75, 3.05) is 19.0 Å². The van der Waals surface area contributed by atoms with Crippen molar-refractivity contribution in [2.24, 2.45) is 0 Å². The van der Waals surface area contributed by atoms with E-state index in [1.54, 1.807) is 13.3 Å². The van der Waals surface area contributed by atoms with Gasteiger partial charge in [0.2, 0.25) is 5.88 Å². The molecule has 2 rings (SSSR count). The van der Waals surface area contributed by atoms with E-state index in [0.29, 0.717) is 5.88 Å². The Bertz CT molecular complexity index is 492. The molecule has 0 unspecified atom stereocenters. The number of rotatable bonds is 5. The number of benzene rings is 1. The van der Waals surface area contributed by atoms with Gasteiger partial charge in [0.1, 0.15) is 0 Å². The fourth-order valence-electron chi connectivity index (χ4n) is 1.54. The molecule has 0 fully saturated rings. The van der Waals surface area contributed by atoms with E-state index in [1.165, 1.54) is 5.56 Å². The summed E-state index contributed by atoms with van der Waals surface area (Å²) in [5.41, 5.74) is 2.18. The average Bonchev–Trinajstić information content (AvgIpc) is 2.45. The molecule has 0 spiro atoms. The van der Waals surface area contributed by atoms with E-state index in [2.05, 4.69) is 34.6 Å². The van der Waals surface area contributed by atoms with Crippen LogP contribution in [0.4, 0.5) is 5.69 Å². The third-order valence-corrected chi connectivity index (χ3v) is 2.48. The first-order valence-electron chi connectivity index (χ1n) is 5.84. The molecule has 0 saturated heterocycles. The van der Waals surface area contributed by atoms with Crippen LogP contribution in [-0.2, 0) is 0 Å². The zero-order valence-electron chi connectivity index (χ0n) is 10.3. The van der Waals surface area contributed by atoms with Crippen LogP contribution in [0.1, 0.15) is 5.56 Å². The van der Waals surface area contributed by atoms with E-state index in [4.69, 9.17) is 4.74 Å². The highest BCUT2D eigenvalue weighted by Crippen LogP contribution is 2.10. The van der Waals surface area contributed by atoms with Crippen molar-refractivity contribution >= 4 is 11.8 Å². The van der Waals surface area contributed by atoms with Crippen molar-refractivity contribution in [1.29, 1.82) is 0 Å². The second-order valence-corrected chi connectivity index (χ2v) is 3.78. The molecule has 1 heterocycles. The van der Waals surface area contributed by atoms with Gasteiger partial charge in [-0.3, -0.25) is 0 Å². The summed E-state index contributed by atoms with van der Waals surface area (Å²) in [6.45, 7) is 0.767. The first-order chi connectivity index (χ1) is 8.88. The third-order valence-electron chi connectivity index (χ3n) is 2.48. The monoisotopic (exact) mass is 240 g/mol. The molecule has 0 radical (unpaired) electrons. The standard InChI is InChI=1S/C15H16N2O/c1-18-15-10-9-14(12-17-15)16-11-5-8-13-6-3-2-4-7-13/h2-10,12,16H,11H2,1H3. The number of hydrogen-bond acceptors (Lipinski definition) is 3. The van der Waals surface area contributed by atoms with Crippen LogP contribution in [0.5, 0.6) is 5.88 Å². The van der Waals surface area contributed by atoms with Crippen LogP contribution in [-0.4, -0.2) is 18.6 Å². The number of nitrogens with one attached hydrogen (secondary N) is 1. The molecule has 1 aromatic carbocycles. The fraction of sp³-hybridized carbons (Fsp3) is 0.133. The minimum atomic E-state index is 0.625. The zero-order valence-corrected chi connectivity index (χ0v) is 10.3. The van der Waals surface area contributed by atoms with Crippen LogP contribution in [0.25, 0.3) is 6.08 Å². The highest BCUT2D eigenvalue weighted by Gasteiger charge is 1.92. The maximum Gasteiger partial charge on any atom is 0.213 e. The Kier molecular flexibility index (Phi) is 4.36. The van der Waals surface area contributed by atoms with E-state index < -0.39 is 0 Å².